The molecule has 0 aliphatic carbocycles. The van der Waals surface area contributed by atoms with Gasteiger partial charge in [0.1, 0.15) is 0 Å². The molecule has 0 saturated carbocycles. The third-order valence-electron chi connectivity index (χ3n) is 13.1. The fourth-order valence-corrected chi connectivity index (χ4v) is 8.68. The molecule has 3 N–H and O–H groups in total. The number of amides is 1. The highest BCUT2D eigenvalue weighted by molar-refractivity contribution is 5.76. The van der Waals surface area contributed by atoms with Crippen molar-refractivity contribution in [3.8, 4) is 0 Å². The van der Waals surface area contributed by atoms with E-state index < -0.39 is 12.1 Å². The summed E-state index contributed by atoms with van der Waals surface area (Å²) in [5.41, 5.74) is 0. The topological polar surface area (TPSA) is 95.9 Å². The van der Waals surface area contributed by atoms with Gasteiger partial charge in [-0.05, 0) is 77.0 Å². The van der Waals surface area contributed by atoms with Crippen LogP contribution in [-0.2, 0) is 14.3 Å². The number of allylic oxidation sites excluding steroid dienone is 7. The monoisotopic (exact) mass is 926 g/mol. The number of aliphatic hydroxyl groups excluding tert-OH is 2. The summed E-state index contributed by atoms with van der Waals surface area (Å²) in [6.45, 7) is 4.81. The van der Waals surface area contributed by atoms with Crippen molar-refractivity contribution in [2.75, 3.05) is 13.2 Å². The Morgan fingerprint density at radius 1 is 0.424 bits per heavy atom. The van der Waals surface area contributed by atoms with E-state index in [-0.39, 0.29) is 18.5 Å². The van der Waals surface area contributed by atoms with Gasteiger partial charge in [0.15, 0.2) is 0 Å². The van der Waals surface area contributed by atoms with Crippen LogP contribution in [0, 0.1) is 0 Å². The first kappa shape index (κ1) is 63.8. The maximum Gasteiger partial charge on any atom is 0.305 e. The third-order valence-corrected chi connectivity index (χ3v) is 13.1. The van der Waals surface area contributed by atoms with Gasteiger partial charge in [0, 0.05) is 12.8 Å². The summed E-state index contributed by atoms with van der Waals surface area (Å²) < 4.78 is 5.41. The van der Waals surface area contributed by atoms with Crippen LogP contribution in [0.25, 0.3) is 0 Å². The number of hydrogen-bond donors (Lipinski definition) is 3. The van der Waals surface area contributed by atoms with Gasteiger partial charge in [0.25, 0.3) is 0 Å². The summed E-state index contributed by atoms with van der Waals surface area (Å²) in [6, 6.07) is -0.545. The first-order valence-corrected chi connectivity index (χ1v) is 28.9. The number of carbonyl (C=O) groups excluding carboxylic acids is 2. The molecular weight excluding hydrogens is 815 g/mol. The molecule has 6 nitrogen and oxygen atoms in total. The number of carbonyl (C=O) groups is 2. The van der Waals surface area contributed by atoms with Crippen LogP contribution in [0.3, 0.4) is 0 Å². The van der Waals surface area contributed by atoms with Crippen molar-refractivity contribution >= 4 is 11.9 Å². The Morgan fingerprint density at radius 3 is 1.18 bits per heavy atom. The van der Waals surface area contributed by atoms with E-state index in [2.05, 4.69) is 67.8 Å². The van der Waals surface area contributed by atoms with E-state index in [4.69, 9.17) is 4.74 Å². The first-order valence-electron chi connectivity index (χ1n) is 28.9. The van der Waals surface area contributed by atoms with E-state index in [1.165, 1.54) is 199 Å². The van der Waals surface area contributed by atoms with Crippen LogP contribution in [0.2, 0.25) is 0 Å². The predicted octanol–water partition coefficient (Wildman–Crippen LogP) is 17.8. The van der Waals surface area contributed by atoms with E-state index in [0.717, 1.165) is 64.2 Å². The molecule has 66 heavy (non-hydrogen) atoms. The Labute approximate surface area is 410 Å². The van der Waals surface area contributed by atoms with Crippen LogP contribution in [0.1, 0.15) is 296 Å². The molecule has 0 spiro atoms. The van der Waals surface area contributed by atoms with E-state index in [9.17, 15) is 19.8 Å². The molecule has 0 aliphatic heterocycles. The zero-order chi connectivity index (χ0) is 47.9. The number of hydrogen-bond acceptors (Lipinski definition) is 5. The quantitative estimate of drug-likeness (QED) is 0.0321. The number of unbranched alkanes of at least 4 members (excludes halogenated alkanes) is 34. The van der Waals surface area contributed by atoms with E-state index in [0.29, 0.717) is 25.9 Å². The van der Waals surface area contributed by atoms with Gasteiger partial charge in [-0.1, -0.05) is 255 Å². The van der Waals surface area contributed by atoms with Gasteiger partial charge in [-0.25, -0.2) is 0 Å². The van der Waals surface area contributed by atoms with E-state index in [1.807, 2.05) is 0 Å². The largest absolute Gasteiger partial charge is 0.465 e. The SMILES string of the molecule is CCCCC/C=C\C/C=C\CCCCCCCC(=O)OCC/C=C\C/C=C\CCCCCCCCCCCCCCCCC(=O)NC(CO)C(O)CCCCCCCCCCCCCCC. The van der Waals surface area contributed by atoms with Crippen molar-refractivity contribution < 1.29 is 24.5 Å². The first-order chi connectivity index (χ1) is 32.5. The second kappa shape index (κ2) is 55.4. The molecule has 0 aromatic rings. The zero-order valence-corrected chi connectivity index (χ0v) is 43.9. The number of nitrogens with one attached hydrogen (secondary N) is 1. The van der Waals surface area contributed by atoms with Crippen LogP contribution < -0.4 is 5.32 Å². The Hall–Kier alpha value is -2.18. The lowest BCUT2D eigenvalue weighted by Crippen LogP contribution is -2.45. The van der Waals surface area contributed by atoms with Gasteiger partial charge >= 0.3 is 5.97 Å². The summed E-state index contributed by atoms with van der Waals surface area (Å²) in [5, 5.41) is 23.2. The highest BCUT2D eigenvalue weighted by Gasteiger charge is 2.20. The molecule has 0 saturated heterocycles. The van der Waals surface area contributed by atoms with Crippen molar-refractivity contribution in [2.45, 2.75) is 309 Å². The van der Waals surface area contributed by atoms with Gasteiger partial charge in [-0.3, -0.25) is 9.59 Å². The lowest BCUT2D eigenvalue weighted by molar-refractivity contribution is -0.143. The van der Waals surface area contributed by atoms with Gasteiger partial charge in [0.05, 0.1) is 25.4 Å². The number of aliphatic hydroxyl groups is 2. The summed E-state index contributed by atoms with van der Waals surface area (Å²) in [4.78, 5) is 24.5. The fraction of sp³-hybridized carbons (Fsp3) is 0.833. The molecule has 0 aromatic carbocycles. The molecule has 0 aliphatic rings. The summed E-state index contributed by atoms with van der Waals surface area (Å²) in [7, 11) is 0. The molecule has 386 valence electrons. The number of ether oxygens (including phenoxy) is 1. The molecular formula is C60H111NO5. The van der Waals surface area contributed by atoms with Gasteiger partial charge in [0.2, 0.25) is 5.91 Å². The second-order valence-electron chi connectivity index (χ2n) is 19.6. The minimum atomic E-state index is -0.668. The van der Waals surface area contributed by atoms with Crippen molar-refractivity contribution in [3.63, 3.8) is 0 Å². The van der Waals surface area contributed by atoms with E-state index >= 15 is 0 Å². The molecule has 0 radical (unpaired) electrons. The molecule has 2 atom stereocenters. The average Bonchev–Trinajstić information content (AvgIpc) is 3.32. The van der Waals surface area contributed by atoms with Crippen molar-refractivity contribution in [1.29, 1.82) is 0 Å². The van der Waals surface area contributed by atoms with Crippen LogP contribution >= 0.6 is 0 Å². The van der Waals surface area contributed by atoms with Gasteiger partial charge in [-0.15, -0.1) is 0 Å². The van der Waals surface area contributed by atoms with Crippen molar-refractivity contribution in [3.05, 3.63) is 48.6 Å². The molecule has 2 unspecified atom stereocenters. The minimum absolute atomic E-state index is 0.0404. The fourth-order valence-electron chi connectivity index (χ4n) is 8.68. The Kier molecular flexibility index (Phi) is 53.6. The highest BCUT2D eigenvalue weighted by atomic mass is 16.5. The second-order valence-corrected chi connectivity index (χ2v) is 19.6. The standard InChI is InChI=1S/C60H111NO5/c1-3-5-7-9-11-13-15-17-25-30-34-38-42-46-50-54-60(65)66-55-51-47-43-39-35-31-27-24-22-20-18-19-21-23-26-29-33-37-41-45-49-53-59(64)61-57(56-62)58(63)52-48-44-40-36-32-28-16-14-12-10-8-6-4-2/h11,13,17,25,31,35,43,47,57-58,62-63H,3-10,12,14-16,18-24,26-30,32-34,36-42,44-46,48-56H2,1-2H3,(H,61,64)/b13-11-,25-17-,35-31-,47-43-. The molecule has 1 amide bonds. The van der Waals surface area contributed by atoms with E-state index in [1.54, 1.807) is 0 Å². The smallest absolute Gasteiger partial charge is 0.305 e. The lowest BCUT2D eigenvalue weighted by atomic mass is 10.0. The normalized spacial score (nSPS) is 13.0. The molecule has 0 rings (SSSR count). The van der Waals surface area contributed by atoms with Crippen LogP contribution in [0.5, 0.6) is 0 Å². The number of rotatable bonds is 53. The van der Waals surface area contributed by atoms with Crippen LogP contribution in [-0.4, -0.2) is 47.4 Å². The zero-order valence-electron chi connectivity index (χ0n) is 43.9. The average molecular weight is 927 g/mol. The minimum Gasteiger partial charge on any atom is -0.465 e. The highest BCUT2D eigenvalue weighted by Crippen LogP contribution is 2.17. The molecule has 6 heteroatoms. The Balaban J connectivity index is 3.46. The van der Waals surface area contributed by atoms with Crippen LogP contribution in [0.15, 0.2) is 48.6 Å². The van der Waals surface area contributed by atoms with Crippen molar-refractivity contribution in [2.24, 2.45) is 0 Å². The van der Waals surface area contributed by atoms with Gasteiger partial charge in [-0.2, -0.15) is 0 Å². The number of esters is 1. The van der Waals surface area contributed by atoms with Crippen molar-refractivity contribution in [1.82, 2.24) is 5.32 Å². The maximum absolute atomic E-state index is 12.5. The van der Waals surface area contributed by atoms with Crippen LogP contribution in [0.4, 0.5) is 0 Å². The maximum atomic E-state index is 12.5. The Bertz CT molecular complexity index is 1110. The third kappa shape index (κ3) is 51.2. The lowest BCUT2D eigenvalue weighted by Gasteiger charge is -2.22. The molecule has 0 aromatic heterocycles. The molecule has 0 fully saturated rings. The summed E-state index contributed by atoms with van der Waals surface area (Å²) in [5.74, 6) is -0.0901. The molecule has 0 bridgehead atoms. The predicted molar refractivity (Wildman–Crippen MR) is 287 cm³/mol. The molecule has 0 heterocycles. The van der Waals surface area contributed by atoms with Gasteiger partial charge < -0.3 is 20.3 Å². The summed E-state index contributed by atoms with van der Waals surface area (Å²) >= 11 is 0. The summed E-state index contributed by atoms with van der Waals surface area (Å²) in [6.07, 6.45) is 69.7. The Morgan fingerprint density at radius 2 is 0.758 bits per heavy atom.